The fourth-order valence-electron chi connectivity index (χ4n) is 2.40. The van der Waals surface area contributed by atoms with E-state index >= 15 is 0 Å². The van der Waals surface area contributed by atoms with Crippen LogP contribution in [-0.2, 0) is 11.2 Å². The van der Waals surface area contributed by atoms with Gasteiger partial charge in [0, 0.05) is 11.5 Å². The van der Waals surface area contributed by atoms with Gasteiger partial charge < -0.3 is 21.3 Å². The third-order valence-electron chi connectivity index (χ3n) is 4.26. The van der Waals surface area contributed by atoms with Crippen LogP contribution >= 0.6 is 0 Å². The maximum Gasteiger partial charge on any atom is 0.237 e. The summed E-state index contributed by atoms with van der Waals surface area (Å²) in [5.41, 5.74) is 6.50. The lowest BCUT2D eigenvalue weighted by Crippen LogP contribution is -2.63. The molecule has 0 aromatic heterocycles. The van der Waals surface area contributed by atoms with Crippen LogP contribution in [-0.4, -0.2) is 34.3 Å². The number of phenolic OH excluding ortho intramolecular Hbond substituents is 1. The monoisotopic (exact) mass is 278 g/mol. The summed E-state index contributed by atoms with van der Waals surface area (Å²) >= 11 is 0. The van der Waals surface area contributed by atoms with Gasteiger partial charge in [-0.05, 0) is 30.5 Å². The average molecular weight is 278 g/mol. The molecule has 0 bridgehead atoms. The Hall–Kier alpha value is -1.59. The van der Waals surface area contributed by atoms with E-state index in [4.69, 9.17) is 5.73 Å². The van der Waals surface area contributed by atoms with E-state index in [1.807, 2.05) is 13.8 Å². The molecule has 0 heterocycles. The quantitative estimate of drug-likeness (QED) is 0.646. The Morgan fingerprint density at radius 2 is 2.05 bits per heavy atom. The smallest absolute Gasteiger partial charge is 0.237 e. The lowest BCUT2D eigenvalue weighted by Gasteiger charge is -2.49. The number of aliphatic hydroxyl groups excluding tert-OH is 1. The standard InChI is InChI=1S/C15H22N2O3/c1-15(2)12(8-13(15)19)17-14(20)11(16)7-9-3-5-10(18)6-4-9/h3-6,11-13,18-19H,7-8,16H2,1-2H3,(H,17,20)/t11-,12?,13?/m1/s1. The summed E-state index contributed by atoms with van der Waals surface area (Å²) in [7, 11) is 0. The van der Waals surface area contributed by atoms with E-state index in [1.165, 1.54) is 0 Å². The van der Waals surface area contributed by atoms with Crippen molar-refractivity contribution in [2.24, 2.45) is 11.1 Å². The predicted molar refractivity (Wildman–Crippen MR) is 76.1 cm³/mol. The molecule has 1 fully saturated rings. The van der Waals surface area contributed by atoms with Gasteiger partial charge in [-0.1, -0.05) is 26.0 Å². The Labute approximate surface area is 118 Å². The zero-order valence-electron chi connectivity index (χ0n) is 11.8. The molecule has 2 unspecified atom stereocenters. The lowest BCUT2D eigenvalue weighted by atomic mass is 9.64. The first-order valence-corrected chi connectivity index (χ1v) is 6.82. The topological polar surface area (TPSA) is 95.6 Å². The van der Waals surface area contributed by atoms with Gasteiger partial charge in [0.15, 0.2) is 0 Å². The minimum atomic E-state index is -0.631. The predicted octanol–water partition coefficient (Wildman–Crippen LogP) is 0.538. The number of aliphatic hydroxyl groups is 1. The Kier molecular flexibility index (Phi) is 4.01. The van der Waals surface area contributed by atoms with Gasteiger partial charge in [-0.2, -0.15) is 0 Å². The second-order valence-electron chi connectivity index (χ2n) is 6.11. The highest BCUT2D eigenvalue weighted by atomic mass is 16.3. The third kappa shape index (κ3) is 2.94. The van der Waals surface area contributed by atoms with Crippen molar-refractivity contribution < 1.29 is 15.0 Å². The zero-order valence-corrected chi connectivity index (χ0v) is 11.8. The molecule has 1 saturated carbocycles. The molecule has 1 aromatic rings. The van der Waals surface area contributed by atoms with Crippen molar-refractivity contribution in [2.45, 2.75) is 44.9 Å². The summed E-state index contributed by atoms with van der Waals surface area (Å²) in [5, 5.41) is 21.8. The van der Waals surface area contributed by atoms with Gasteiger partial charge in [0.2, 0.25) is 5.91 Å². The molecule has 5 nitrogen and oxygen atoms in total. The Morgan fingerprint density at radius 3 is 2.55 bits per heavy atom. The molecular formula is C15H22N2O3. The second kappa shape index (κ2) is 5.42. The van der Waals surface area contributed by atoms with E-state index in [0.717, 1.165) is 5.56 Å². The SMILES string of the molecule is CC1(C)C(O)CC1NC(=O)[C@H](N)Cc1ccc(O)cc1. The minimum absolute atomic E-state index is 0.0316. The molecule has 3 atom stereocenters. The average Bonchev–Trinajstić information content (AvgIpc) is 2.40. The number of hydrogen-bond acceptors (Lipinski definition) is 4. The number of nitrogens with two attached hydrogens (primary N) is 1. The molecular weight excluding hydrogens is 256 g/mol. The lowest BCUT2D eigenvalue weighted by molar-refractivity contribution is -0.130. The van der Waals surface area contributed by atoms with Crippen LogP contribution in [0.15, 0.2) is 24.3 Å². The van der Waals surface area contributed by atoms with Crippen molar-refractivity contribution in [2.75, 3.05) is 0 Å². The maximum absolute atomic E-state index is 12.0. The van der Waals surface area contributed by atoms with Crippen molar-refractivity contribution in [3.8, 4) is 5.75 Å². The van der Waals surface area contributed by atoms with Crippen LogP contribution in [0.4, 0.5) is 0 Å². The third-order valence-corrected chi connectivity index (χ3v) is 4.26. The largest absolute Gasteiger partial charge is 0.508 e. The molecule has 0 spiro atoms. The van der Waals surface area contributed by atoms with Crippen LogP contribution in [0.3, 0.4) is 0 Å². The molecule has 1 amide bonds. The molecule has 2 rings (SSSR count). The highest BCUT2D eigenvalue weighted by molar-refractivity contribution is 5.82. The fraction of sp³-hybridized carbons (Fsp3) is 0.533. The summed E-state index contributed by atoms with van der Waals surface area (Å²) < 4.78 is 0. The first kappa shape index (κ1) is 14.8. The number of carbonyl (C=O) groups excluding carboxylic acids is 1. The fourth-order valence-corrected chi connectivity index (χ4v) is 2.40. The molecule has 0 radical (unpaired) electrons. The van der Waals surface area contributed by atoms with Crippen molar-refractivity contribution in [1.29, 1.82) is 0 Å². The molecule has 1 aliphatic rings. The van der Waals surface area contributed by atoms with E-state index in [2.05, 4.69) is 5.32 Å². The first-order chi connectivity index (χ1) is 9.30. The summed E-state index contributed by atoms with van der Waals surface area (Å²) in [6.45, 7) is 3.86. The summed E-state index contributed by atoms with van der Waals surface area (Å²) in [5.74, 6) is -0.0139. The zero-order chi connectivity index (χ0) is 14.9. The van der Waals surface area contributed by atoms with E-state index in [9.17, 15) is 15.0 Å². The van der Waals surface area contributed by atoms with Crippen molar-refractivity contribution in [3.63, 3.8) is 0 Å². The molecule has 0 saturated heterocycles. The van der Waals surface area contributed by atoms with Crippen LogP contribution in [0, 0.1) is 5.41 Å². The van der Waals surface area contributed by atoms with Crippen LogP contribution < -0.4 is 11.1 Å². The van der Waals surface area contributed by atoms with Gasteiger partial charge in [-0.25, -0.2) is 0 Å². The molecule has 110 valence electrons. The molecule has 5 N–H and O–H groups in total. The number of carbonyl (C=O) groups is 1. The number of hydrogen-bond donors (Lipinski definition) is 4. The van der Waals surface area contributed by atoms with Crippen molar-refractivity contribution in [3.05, 3.63) is 29.8 Å². The Bertz CT molecular complexity index is 484. The van der Waals surface area contributed by atoms with E-state index in [-0.39, 0.29) is 29.2 Å². The minimum Gasteiger partial charge on any atom is -0.508 e. The highest BCUT2D eigenvalue weighted by Gasteiger charge is 2.48. The van der Waals surface area contributed by atoms with Gasteiger partial charge in [-0.3, -0.25) is 4.79 Å². The summed E-state index contributed by atoms with van der Waals surface area (Å²) in [6, 6.07) is 5.99. The number of aromatic hydroxyl groups is 1. The van der Waals surface area contributed by atoms with E-state index < -0.39 is 6.04 Å². The number of amides is 1. The Morgan fingerprint density at radius 1 is 1.45 bits per heavy atom. The summed E-state index contributed by atoms with van der Waals surface area (Å²) in [4.78, 5) is 12.0. The number of nitrogens with one attached hydrogen (secondary N) is 1. The summed E-state index contributed by atoms with van der Waals surface area (Å²) in [6.07, 6.45) is 0.619. The molecule has 0 aliphatic heterocycles. The number of phenols is 1. The van der Waals surface area contributed by atoms with Crippen LogP contribution in [0.1, 0.15) is 25.8 Å². The second-order valence-corrected chi connectivity index (χ2v) is 6.11. The molecule has 20 heavy (non-hydrogen) atoms. The molecule has 1 aromatic carbocycles. The van der Waals surface area contributed by atoms with Crippen LogP contribution in [0.5, 0.6) is 5.75 Å². The van der Waals surface area contributed by atoms with Crippen LogP contribution in [0.25, 0.3) is 0 Å². The molecule has 1 aliphatic carbocycles. The van der Waals surface area contributed by atoms with Gasteiger partial charge in [0.1, 0.15) is 5.75 Å². The number of rotatable bonds is 4. The first-order valence-electron chi connectivity index (χ1n) is 6.82. The van der Waals surface area contributed by atoms with Gasteiger partial charge in [0.25, 0.3) is 0 Å². The molecule has 5 heteroatoms. The van der Waals surface area contributed by atoms with E-state index in [1.54, 1.807) is 24.3 Å². The van der Waals surface area contributed by atoms with Crippen molar-refractivity contribution in [1.82, 2.24) is 5.32 Å². The maximum atomic E-state index is 12.0. The van der Waals surface area contributed by atoms with Gasteiger partial charge >= 0.3 is 0 Å². The van der Waals surface area contributed by atoms with Gasteiger partial charge in [0.05, 0.1) is 12.1 Å². The normalized spacial score (nSPS) is 25.6. The Balaban J connectivity index is 1.88. The van der Waals surface area contributed by atoms with Crippen molar-refractivity contribution >= 4 is 5.91 Å². The highest BCUT2D eigenvalue weighted by Crippen LogP contribution is 2.40. The van der Waals surface area contributed by atoms with Crippen LogP contribution in [0.2, 0.25) is 0 Å². The van der Waals surface area contributed by atoms with E-state index in [0.29, 0.717) is 12.8 Å². The van der Waals surface area contributed by atoms with Gasteiger partial charge in [-0.15, -0.1) is 0 Å². The number of benzene rings is 1.